The van der Waals surface area contributed by atoms with Gasteiger partial charge in [-0.15, -0.1) is 0 Å². The Morgan fingerprint density at radius 1 is 0.491 bits per heavy atom. The Hall–Kier alpha value is -4.09. The molecule has 284 valence electrons. The van der Waals surface area contributed by atoms with Gasteiger partial charge in [-0.25, -0.2) is 0 Å². The van der Waals surface area contributed by atoms with Gasteiger partial charge in [-0.1, -0.05) is 119 Å². The Kier molecular flexibility index (Phi) is 10.4. The number of benzene rings is 3. The Morgan fingerprint density at radius 2 is 0.755 bits per heavy atom. The van der Waals surface area contributed by atoms with E-state index in [1.807, 2.05) is 54.6 Å². The minimum atomic E-state index is -4.39. The molecule has 53 heavy (non-hydrogen) atoms. The molecule has 0 saturated heterocycles. The largest absolute Gasteiger partial charge is 0.647 e. The average molecular weight is 741 g/mol. The summed E-state index contributed by atoms with van der Waals surface area (Å²) < 4.78 is 52.8. The van der Waals surface area contributed by atoms with Gasteiger partial charge in [0.2, 0.25) is 0 Å². The smallest absolute Gasteiger partial charge is 0.492 e. The van der Waals surface area contributed by atoms with Crippen molar-refractivity contribution in [2.24, 2.45) is 34.0 Å². The maximum Gasteiger partial charge on any atom is 0.647 e. The van der Waals surface area contributed by atoms with Gasteiger partial charge < -0.3 is 27.8 Å². The van der Waals surface area contributed by atoms with Crippen molar-refractivity contribution in [3.63, 3.8) is 0 Å². The molecule has 3 aliphatic heterocycles. The second-order valence-corrected chi connectivity index (χ2v) is 19.0. The molecule has 0 aliphatic carbocycles. The first-order valence-corrected chi connectivity index (χ1v) is 20.4. The van der Waals surface area contributed by atoms with Crippen LogP contribution in [-0.4, -0.2) is 19.8 Å². The van der Waals surface area contributed by atoms with Crippen molar-refractivity contribution in [2.75, 3.05) is 19.8 Å². The molecule has 0 fully saturated rings. The first-order chi connectivity index (χ1) is 24.8. The molecule has 0 radical (unpaired) electrons. The lowest BCUT2D eigenvalue weighted by molar-refractivity contribution is 0.219. The van der Waals surface area contributed by atoms with Crippen molar-refractivity contribution in [1.82, 2.24) is 0 Å². The van der Waals surface area contributed by atoms with Crippen LogP contribution >= 0.6 is 7.82 Å². The molecule has 0 amide bonds. The zero-order valence-electron chi connectivity index (χ0n) is 33.6. The molecule has 6 rings (SSSR count). The molecule has 0 bridgehead atoms. The molecule has 7 nitrogen and oxygen atoms in total. The van der Waals surface area contributed by atoms with Crippen LogP contribution in [0.5, 0.6) is 17.2 Å². The number of hydrogen-bond acceptors (Lipinski definition) is 7. The zero-order chi connectivity index (χ0) is 38.5. The van der Waals surface area contributed by atoms with Gasteiger partial charge in [0.05, 0.1) is 19.8 Å². The summed E-state index contributed by atoms with van der Waals surface area (Å²) in [6, 6.07) is 22.4. The van der Waals surface area contributed by atoms with E-state index in [0.717, 1.165) is 34.0 Å². The Morgan fingerprint density at radius 3 is 1.00 bits per heavy atom. The van der Waals surface area contributed by atoms with E-state index in [1.54, 1.807) is 18.2 Å². The summed E-state index contributed by atoms with van der Waals surface area (Å²) in [7, 11) is -4.39. The molecule has 3 heterocycles. The lowest BCUT2D eigenvalue weighted by atomic mass is 9.79. The Balaban J connectivity index is 1.40. The van der Waals surface area contributed by atoms with Crippen LogP contribution in [0.25, 0.3) is 17.3 Å². The van der Waals surface area contributed by atoms with E-state index >= 15 is 4.57 Å². The standard InChI is InChI=1S/C45H57O7P/c1-28(2)37-40(47-25-43(37,7)8)31-16-13-19-34(22-31)50-53(46,51-35-20-14-17-32(23-35)41-38(29(3)4)44(9,10)26-48-41)52-36-21-15-18-33(24-36)42-39(30(5)6)45(11,12)27-49-42/h13-24,28-30H,25-27H2,1-12H3. The van der Waals surface area contributed by atoms with Crippen LogP contribution in [0.1, 0.15) is 99.8 Å². The predicted octanol–water partition coefficient (Wildman–Crippen LogP) is 12.6. The molecule has 0 spiro atoms. The topological polar surface area (TPSA) is 72.5 Å². The highest BCUT2D eigenvalue weighted by atomic mass is 31.2. The monoisotopic (exact) mass is 740 g/mol. The molecule has 0 aromatic heterocycles. The molecular weight excluding hydrogens is 683 g/mol. The van der Waals surface area contributed by atoms with Gasteiger partial charge in [0, 0.05) is 32.9 Å². The minimum Gasteiger partial charge on any atom is -0.492 e. The first-order valence-electron chi connectivity index (χ1n) is 18.9. The molecule has 8 heteroatoms. The normalized spacial score (nSPS) is 19.2. The van der Waals surface area contributed by atoms with Gasteiger partial charge >= 0.3 is 7.82 Å². The lowest BCUT2D eigenvalue weighted by Gasteiger charge is -2.23. The molecule has 0 atom stereocenters. The maximum atomic E-state index is 15.0. The predicted molar refractivity (Wildman–Crippen MR) is 213 cm³/mol. The third kappa shape index (κ3) is 7.92. The van der Waals surface area contributed by atoms with E-state index in [1.165, 1.54) is 16.7 Å². The van der Waals surface area contributed by atoms with Crippen molar-refractivity contribution in [3.05, 3.63) is 106 Å². The molecule has 3 aromatic carbocycles. The van der Waals surface area contributed by atoms with Gasteiger partial charge in [0.25, 0.3) is 0 Å². The van der Waals surface area contributed by atoms with E-state index in [9.17, 15) is 0 Å². The molecule has 0 N–H and O–H groups in total. The average Bonchev–Trinajstić information content (AvgIpc) is 3.69. The first kappa shape index (κ1) is 38.6. The van der Waals surface area contributed by atoms with Gasteiger partial charge in [-0.3, -0.25) is 0 Å². The summed E-state index contributed by atoms with van der Waals surface area (Å²) in [5.74, 6) is 4.33. The maximum absolute atomic E-state index is 15.0. The summed E-state index contributed by atoms with van der Waals surface area (Å²) >= 11 is 0. The number of ether oxygens (including phenoxy) is 3. The van der Waals surface area contributed by atoms with E-state index in [4.69, 9.17) is 27.8 Å². The van der Waals surface area contributed by atoms with Gasteiger partial charge in [-0.2, -0.15) is 4.57 Å². The molecule has 0 saturated carbocycles. The number of rotatable bonds is 12. The molecule has 3 aromatic rings. The van der Waals surface area contributed by atoms with Crippen LogP contribution in [0.2, 0.25) is 0 Å². The van der Waals surface area contributed by atoms with E-state index in [2.05, 4.69) is 83.1 Å². The third-order valence-corrected chi connectivity index (χ3v) is 11.6. The zero-order valence-corrected chi connectivity index (χ0v) is 34.5. The summed E-state index contributed by atoms with van der Waals surface area (Å²) in [6.45, 7) is 28.0. The second kappa shape index (κ2) is 14.3. The van der Waals surface area contributed by atoms with Crippen molar-refractivity contribution < 1.29 is 32.3 Å². The van der Waals surface area contributed by atoms with Crippen LogP contribution in [-0.2, 0) is 18.8 Å². The molecule has 3 aliphatic rings. The van der Waals surface area contributed by atoms with E-state index < -0.39 is 7.82 Å². The SMILES string of the molecule is CC(C)C1=C(c2cccc(OP(=O)(Oc3cccc(C4=C(C(C)C)C(C)(C)CO4)c3)Oc3cccc(C4=C(C(C)C)C(C)(C)CO4)c3)c2)OCC1(C)C. The quantitative estimate of drug-likeness (QED) is 0.171. The molecular formula is C45H57O7P. The van der Waals surface area contributed by atoms with Crippen molar-refractivity contribution in [3.8, 4) is 17.2 Å². The summed E-state index contributed by atoms with van der Waals surface area (Å²) in [5.41, 5.74) is 5.91. The minimum absolute atomic E-state index is 0.107. The van der Waals surface area contributed by atoms with Crippen LogP contribution in [0.15, 0.2) is 89.5 Å². The van der Waals surface area contributed by atoms with Crippen LogP contribution in [0.4, 0.5) is 0 Å². The number of phosphoric acid groups is 1. The highest BCUT2D eigenvalue weighted by Gasteiger charge is 2.40. The fourth-order valence-corrected chi connectivity index (χ4v) is 9.75. The Bertz CT molecular complexity index is 1780. The summed E-state index contributed by atoms with van der Waals surface area (Å²) in [4.78, 5) is 0. The number of phosphoric ester groups is 1. The van der Waals surface area contributed by atoms with Gasteiger partial charge in [-0.05, 0) is 70.9 Å². The van der Waals surface area contributed by atoms with Gasteiger partial charge in [0.15, 0.2) is 0 Å². The fraction of sp³-hybridized carbons (Fsp3) is 0.467. The summed E-state index contributed by atoms with van der Waals surface area (Å²) in [5, 5.41) is 0. The summed E-state index contributed by atoms with van der Waals surface area (Å²) in [6.07, 6.45) is 0. The molecule has 0 unspecified atom stereocenters. The Labute approximate surface area is 317 Å². The lowest BCUT2D eigenvalue weighted by Crippen LogP contribution is -2.18. The van der Waals surface area contributed by atoms with Crippen LogP contribution < -0.4 is 13.6 Å². The highest BCUT2D eigenvalue weighted by molar-refractivity contribution is 7.49. The van der Waals surface area contributed by atoms with Crippen LogP contribution in [0.3, 0.4) is 0 Å². The van der Waals surface area contributed by atoms with Gasteiger partial charge in [0.1, 0.15) is 34.5 Å². The van der Waals surface area contributed by atoms with Crippen molar-refractivity contribution in [1.29, 1.82) is 0 Å². The second-order valence-electron chi connectivity index (χ2n) is 17.5. The third-order valence-electron chi connectivity index (χ3n) is 10.3. The fourth-order valence-electron chi connectivity index (χ4n) is 8.52. The highest BCUT2D eigenvalue weighted by Crippen LogP contribution is 2.53. The van der Waals surface area contributed by atoms with E-state index in [-0.39, 0.29) is 34.0 Å². The van der Waals surface area contributed by atoms with Crippen molar-refractivity contribution in [2.45, 2.75) is 83.1 Å². The van der Waals surface area contributed by atoms with E-state index in [0.29, 0.717) is 37.1 Å². The van der Waals surface area contributed by atoms with Crippen molar-refractivity contribution >= 4 is 25.1 Å². The van der Waals surface area contributed by atoms with Crippen LogP contribution in [0, 0.1) is 34.0 Å². The number of hydrogen-bond donors (Lipinski definition) is 0.